The van der Waals surface area contributed by atoms with Crippen LogP contribution >= 0.6 is 0 Å². The van der Waals surface area contributed by atoms with Gasteiger partial charge in [-0.15, -0.1) is 0 Å². The largest absolute Gasteiger partial charge is 0.478 e. The van der Waals surface area contributed by atoms with Crippen molar-refractivity contribution in [3.63, 3.8) is 0 Å². The topological polar surface area (TPSA) is 202 Å². The fraction of sp³-hybridized carbons (Fsp3) is 0.176. The van der Waals surface area contributed by atoms with E-state index in [-0.39, 0.29) is 14.9 Å². The summed E-state index contributed by atoms with van der Waals surface area (Å²) in [5.74, 6) is -9.70. The molecule has 12 nitrogen and oxygen atoms in total. The van der Waals surface area contributed by atoms with Crippen molar-refractivity contribution in [3.8, 4) is 0 Å². The number of hydrogen-bond acceptors (Lipinski definition) is 9. The van der Waals surface area contributed by atoms with Gasteiger partial charge in [-0.05, 0) is 0 Å². The fourth-order valence-electron chi connectivity index (χ4n) is 1.97. The molecule has 0 spiro atoms. The van der Waals surface area contributed by atoms with Gasteiger partial charge < -0.3 is 21.3 Å². The molecular weight excluding hydrogens is 464 g/mol. The maximum Gasteiger partial charge on any atom is 0.341 e. The molecule has 0 heterocycles. The number of esters is 1. The number of hydrogen-bond donors (Lipinski definition) is 3. The summed E-state index contributed by atoms with van der Waals surface area (Å²) in [6.45, 7) is 0. The highest BCUT2D eigenvalue weighted by atomic mass is 19.2. The van der Waals surface area contributed by atoms with Crippen LogP contribution in [0.4, 0.5) is 40.3 Å². The standard InChI is InChI=1S/C8H6F2N2O4.C7H4F2N2O4.2CH4/c1-16-8(13)3-2-4(12(14)15)7(11)6(10)5(3)9;8-4-2(7(12)13)1-3(11(14)15)6(10)5(4)9;;/h2H,11H2,1H3;1H,10H2,(H,12,13);2*1H4. The van der Waals surface area contributed by atoms with Gasteiger partial charge in [-0.3, -0.25) is 20.2 Å². The number of nitrogens with zero attached hydrogens (tertiary/aromatic N) is 2. The summed E-state index contributed by atoms with van der Waals surface area (Å²) in [6, 6.07) is 0.898. The fourth-order valence-corrected chi connectivity index (χ4v) is 1.97. The van der Waals surface area contributed by atoms with Crippen LogP contribution in [0.3, 0.4) is 0 Å². The quantitative estimate of drug-likeness (QED) is 0.190. The summed E-state index contributed by atoms with van der Waals surface area (Å²) in [7, 11) is 0.932. The van der Waals surface area contributed by atoms with E-state index in [1.807, 2.05) is 0 Å². The van der Waals surface area contributed by atoms with Crippen LogP contribution in [-0.2, 0) is 4.74 Å². The van der Waals surface area contributed by atoms with Crippen LogP contribution in [0.15, 0.2) is 12.1 Å². The molecule has 0 aromatic heterocycles. The molecule has 182 valence electrons. The molecule has 0 aliphatic rings. The number of aromatic carboxylic acids is 1. The van der Waals surface area contributed by atoms with Crippen LogP contribution in [0.2, 0.25) is 0 Å². The molecule has 0 radical (unpaired) electrons. The van der Waals surface area contributed by atoms with Gasteiger partial charge >= 0.3 is 11.9 Å². The zero-order chi connectivity index (χ0) is 24.2. The van der Waals surface area contributed by atoms with E-state index in [4.69, 9.17) is 16.6 Å². The van der Waals surface area contributed by atoms with Gasteiger partial charge in [0.25, 0.3) is 11.4 Å². The van der Waals surface area contributed by atoms with Crippen LogP contribution in [-0.4, -0.2) is 34.0 Å². The minimum atomic E-state index is -1.81. The molecule has 0 amide bonds. The second-order valence-electron chi connectivity index (χ2n) is 5.28. The van der Waals surface area contributed by atoms with E-state index in [1.165, 1.54) is 0 Å². The van der Waals surface area contributed by atoms with E-state index in [0.29, 0.717) is 12.1 Å². The Morgan fingerprint density at radius 2 is 1.18 bits per heavy atom. The zero-order valence-electron chi connectivity index (χ0n) is 15.0. The molecule has 0 fully saturated rings. The van der Waals surface area contributed by atoms with Gasteiger partial charge in [0.05, 0.1) is 17.0 Å². The third-order valence-electron chi connectivity index (χ3n) is 3.47. The molecule has 0 bridgehead atoms. The summed E-state index contributed by atoms with van der Waals surface area (Å²) in [5, 5.41) is 29.2. The molecule has 5 N–H and O–H groups in total. The van der Waals surface area contributed by atoms with E-state index in [9.17, 15) is 47.4 Å². The van der Waals surface area contributed by atoms with Crippen molar-refractivity contribution >= 4 is 34.7 Å². The number of anilines is 2. The number of carbonyl (C=O) groups excluding carboxylic acids is 1. The molecular formula is C17H18F4N4O8. The Morgan fingerprint density at radius 1 is 0.848 bits per heavy atom. The molecule has 0 saturated heterocycles. The molecule has 0 unspecified atom stereocenters. The van der Waals surface area contributed by atoms with Gasteiger partial charge in [-0.25, -0.2) is 27.2 Å². The second kappa shape index (κ2) is 11.8. The average Bonchev–Trinajstić information content (AvgIpc) is 2.69. The van der Waals surface area contributed by atoms with Gasteiger partial charge in [-0.1, -0.05) is 14.9 Å². The first kappa shape index (κ1) is 30.7. The van der Waals surface area contributed by atoms with Crippen molar-refractivity contribution in [3.05, 3.63) is 66.8 Å². The lowest BCUT2D eigenvalue weighted by Gasteiger charge is -2.04. The number of nitro benzene ring substituents is 2. The highest BCUT2D eigenvalue weighted by Crippen LogP contribution is 2.30. The molecule has 33 heavy (non-hydrogen) atoms. The molecule has 2 aromatic carbocycles. The van der Waals surface area contributed by atoms with Crippen LogP contribution in [0, 0.1) is 43.5 Å². The Balaban J connectivity index is 0. The molecule has 0 aliphatic carbocycles. The maximum atomic E-state index is 13.2. The highest BCUT2D eigenvalue weighted by Gasteiger charge is 2.27. The van der Waals surface area contributed by atoms with Gasteiger partial charge in [0.2, 0.25) is 0 Å². The van der Waals surface area contributed by atoms with Crippen LogP contribution in [0.25, 0.3) is 0 Å². The number of methoxy groups -OCH3 is 1. The van der Waals surface area contributed by atoms with Crippen molar-refractivity contribution in [2.75, 3.05) is 18.6 Å². The summed E-state index contributed by atoms with van der Waals surface area (Å²) in [4.78, 5) is 40.0. The first-order valence-corrected chi connectivity index (χ1v) is 7.41. The number of halogens is 4. The smallest absolute Gasteiger partial charge is 0.341 e. The predicted molar refractivity (Wildman–Crippen MR) is 107 cm³/mol. The molecule has 2 aromatic rings. The van der Waals surface area contributed by atoms with Crippen LogP contribution in [0.5, 0.6) is 0 Å². The summed E-state index contributed by atoms with van der Waals surface area (Å²) in [5.41, 5.74) is 4.03. The third kappa shape index (κ3) is 6.25. The first-order chi connectivity index (χ1) is 14.3. The lowest BCUT2D eigenvalue weighted by Crippen LogP contribution is -2.10. The van der Waals surface area contributed by atoms with E-state index in [0.717, 1.165) is 7.11 Å². The Hall–Kier alpha value is -4.50. The van der Waals surface area contributed by atoms with Crippen molar-refractivity contribution in [2.45, 2.75) is 14.9 Å². The molecule has 16 heteroatoms. The molecule has 2 rings (SSSR count). The number of ether oxygens (including phenoxy) is 1. The summed E-state index contributed by atoms with van der Waals surface area (Å²) >= 11 is 0. The van der Waals surface area contributed by atoms with Gasteiger partial charge in [0.15, 0.2) is 23.3 Å². The average molecular weight is 482 g/mol. The number of nitrogen functional groups attached to an aromatic ring is 2. The Labute approximate surface area is 182 Å². The predicted octanol–water partition coefficient (Wildman–Crippen LogP) is 3.67. The molecule has 0 saturated carbocycles. The second-order valence-corrected chi connectivity index (χ2v) is 5.28. The number of carboxylic acids is 1. The van der Waals surface area contributed by atoms with E-state index < -0.39 is 78.9 Å². The highest BCUT2D eigenvalue weighted by molar-refractivity contribution is 5.91. The Morgan fingerprint density at radius 3 is 1.48 bits per heavy atom. The molecule has 0 aliphatic heterocycles. The number of nitro groups is 2. The van der Waals surface area contributed by atoms with Crippen LogP contribution < -0.4 is 11.5 Å². The van der Waals surface area contributed by atoms with Gasteiger partial charge in [-0.2, -0.15) is 0 Å². The SMILES string of the molecule is C.C.COC(=O)c1cc([N+](=O)[O-])c(N)c(F)c1F.Nc1c([N+](=O)[O-])cc(C(=O)O)c(F)c1F. The number of nitrogens with two attached hydrogens (primary N) is 2. The first-order valence-electron chi connectivity index (χ1n) is 7.41. The van der Waals surface area contributed by atoms with Crippen molar-refractivity contribution < 1.29 is 46.8 Å². The minimum Gasteiger partial charge on any atom is -0.478 e. The van der Waals surface area contributed by atoms with Gasteiger partial charge in [0.1, 0.15) is 22.5 Å². The Bertz CT molecular complexity index is 1070. The lowest BCUT2D eigenvalue weighted by atomic mass is 10.1. The monoisotopic (exact) mass is 482 g/mol. The van der Waals surface area contributed by atoms with Gasteiger partial charge in [0, 0.05) is 12.1 Å². The van der Waals surface area contributed by atoms with E-state index >= 15 is 0 Å². The van der Waals surface area contributed by atoms with Crippen molar-refractivity contribution in [2.24, 2.45) is 0 Å². The van der Waals surface area contributed by atoms with E-state index in [2.05, 4.69) is 4.74 Å². The van der Waals surface area contributed by atoms with Crippen molar-refractivity contribution in [1.29, 1.82) is 0 Å². The lowest BCUT2D eigenvalue weighted by molar-refractivity contribution is -0.384. The normalized spacial score (nSPS) is 9.36. The molecule has 0 atom stereocenters. The van der Waals surface area contributed by atoms with Crippen LogP contribution in [0.1, 0.15) is 35.6 Å². The maximum absolute atomic E-state index is 13.2. The number of rotatable bonds is 4. The third-order valence-corrected chi connectivity index (χ3v) is 3.47. The minimum absolute atomic E-state index is 0. The van der Waals surface area contributed by atoms with E-state index in [1.54, 1.807) is 0 Å². The summed E-state index contributed by atoms with van der Waals surface area (Å²) in [6.07, 6.45) is 0. The number of carboxylic acid groups (broad SMARTS) is 1. The Kier molecular flexibility index (Phi) is 11.0. The zero-order valence-corrected chi connectivity index (χ0v) is 15.0. The number of carbonyl (C=O) groups is 2. The van der Waals surface area contributed by atoms with Crippen molar-refractivity contribution in [1.82, 2.24) is 0 Å². The number of benzene rings is 2. The summed E-state index contributed by atoms with van der Waals surface area (Å²) < 4.78 is 56.2.